The fourth-order valence-electron chi connectivity index (χ4n) is 6.10. The van der Waals surface area contributed by atoms with E-state index in [0.717, 1.165) is 11.9 Å². The van der Waals surface area contributed by atoms with E-state index < -0.39 is 0 Å². The maximum Gasteiger partial charge on any atom is 0.138 e. The molecule has 0 amide bonds. The van der Waals surface area contributed by atoms with Crippen molar-refractivity contribution in [1.82, 2.24) is 14.9 Å². The first-order valence-corrected chi connectivity index (χ1v) is 12.0. The molecule has 0 aromatic carbocycles. The summed E-state index contributed by atoms with van der Waals surface area (Å²) < 4.78 is 0. The van der Waals surface area contributed by atoms with Crippen LogP contribution < -0.4 is 0 Å². The second-order valence-corrected chi connectivity index (χ2v) is 10.7. The number of carbonyl (C=O) groups excluding carboxylic acids is 1. The SMILES string of the molecule is CC(C)c1ncc(C2CCN([C@H]3CCC4(CC3)C[C@H](C(=O)C(C)C)C4)CC2)cn1. The van der Waals surface area contributed by atoms with Gasteiger partial charge in [0.05, 0.1) is 0 Å². The predicted molar refractivity (Wildman–Crippen MR) is 117 cm³/mol. The lowest BCUT2D eigenvalue weighted by atomic mass is 9.53. The lowest BCUT2D eigenvalue weighted by molar-refractivity contribution is -0.135. The van der Waals surface area contributed by atoms with Gasteiger partial charge < -0.3 is 4.90 Å². The summed E-state index contributed by atoms with van der Waals surface area (Å²) in [5.74, 6) is 3.06. The van der Waals surface area contributed by atoms with E-state index in [0.29, 0.717) is 29.0 Å². The molecule has 1 aliphatic heterocycles. The van der Waals surface area contributed by atoms with Crippen molar-refractivity contribution in [3.05, 3.63) is 23.8 Å². The van der Waals surface area contributed by atoms with Gasteiger partial charge in [0, 0.05) is 36.2 Å². The number of nitrogens with zero attached hydrogens (tertiary/aromatic N) is 3. The Hall–Kier alpha value is -1.29. The highest BCUT2D eigenvalue weighted by Crippen LogP contribution is 2.56. The number of piperidine rings is 1. The van der Waals surface area contributed by atoms with E-state index in [2.05, 4.69) is 55.0 Å². The summed E-state index contributed by atoms with van der Waals surface area (Å²) in [4.78, 5) is 24.1. The van der Waals surface area contributed by atoms with Crippen LogP contribution in [0.3, 0.4) is 0 Å². The van der Waals surface area contributed by atoms with Crippen LogP contribution in [0, 0.1) is 17.3 Å². The monoisotopic (exact) mass is 397 g/mol. The number of hydrogen-bond acceptors (Lipinski definition) is 4. The minimum atomic E-state index is 0.210. The molecular formula is C25H39N3O. The van der Waals surface area contributed by atoms with Crippen molar-refractivity contribution < 1.29 is 4.79 Å². The molecule has 0 atom stereocenters. The summed E-state index contributed by atoms with van der Waals surface area (Å²) in [5, 5.41) is 0. The summed E-state index contributed by atoms with van der Waals surface area (Å²) in [7, 11) is 0. The van der Waals surface area contributed by atoms with Crippen molar-refractivity contribution in [3.8, 4) is 0 Å². The van der Waals surface area contributed by atoms with Gasteiger partial charge in [0.2, 0.25) is 0 Å². The Morgan fingerprint density at radius 2 is 1.59 bits per heavy atom. The zero-order valence-electron chi connectivity index (χ0n) is 18.9. The van der Waals surface area contributed by atoms with Crippen molar-refractivity contribution in [2.75, 3.05) is 13.1 Å². The largest absolute Gasteiger partial charge is 0.300 e. The Balaban J connectivity index is 1.23. The lowest BCUT2D eigenvalue weighted by Crippen LogP contribution is -2.49. The average molecular weight is 398 g/mol. The Bertz CT molecular complexity index is 687. The zero-order chi connectivity index (χ0) is 20.6. The topological polar surface area (TPSA) is 46.1 Å². The maximum absolute atomic E-state index is 12.2. The normalized spacial score (nSPS) is 31.4. The fourth-order valence-corrected chi connectivity index (χ4v) is 6.10. The highest BCUT2D eigenvalue weighted by Gasteiger charge is 2.49. The van der Waals surface area contributed by atoms with Crippen LogP contribution in [0.5, 0.6) is 0 Å². The van der Waals surface area contributed by atoms with Gasteiger partial charge in [0.1, 0.15) is 11.6 Å². The molecule has 160 valence electrons. The Morgan fingerprint density at radius 1 is 1.00 bits per heavy atom. The molecule has 2 saturated carbocycles. The predicted octanol–water partition coefficient (Wildman–Crippen LogP) is 5.34. The first-order chi connectivity index (χ1) is 13.9. The molecule has 0 unspecified atom stereocenters. The summed E-state index contributed by atoms with van der Waals surface area (Å²) in [5.41, 5.74) is 1.84. The summed E-state index contributed by atoms with van der Waals surface area (Å²) >= 11 is 0. The van der Waals surface area contributed by atoms with Crippen molar-refractivity contribution in [2.24, 2.45) is 17.3 Å². The number of carbonyl (C=O) groups is 1. The van der Waals surface area contributed by atoms with E-state index in [4.69, 9.17) is 0 Å². The molecule has 3 fully saturated rings. The van der Waals surface area contributed by atoms with Crippen molar-refractivity contribution in [1.29, 1.82) is 0 Å². The van der Waals surface area contributed by atoms with E-state index >= 15 is 0 Å². The molecule has 2 aliphatic carbocycles. The summed E-state index contributed by atoms with van der Waals surface area (Å²) in [6.45, 7) is 10.8. The van der Waals surface area contributed by atoms with Gasteiger partial charge in [-0.1, -0.05) is 27.7 Å². The molecule has 1 spiro atoms. The smallest absolute Gasteiger partial charge is 0.138 e. The van der Waals surface area contributed by atoms with E-state index in [1.807, 2.05) is 0 Å². The second-order valence-electron chi connectivity index (χ2n) is 10.7. The van der Waals surface area contributed by atoms with E-state index in [1.165, 1.54) is 70.0 Å². The van der Waals surface area contributed by atoms with Crippen LogP contribution in [0.2, 0.25) is 0 Å². The summed E-state index contributed by atoms with van der Waals surface area (Å²) in [6.07, 6.45) is 14.3. The molecule has 1 saturated heterocycles. The van der Waals surface area contributed by atoms with Crippen molar-refractivity contribution >= 4 is 5.78 Å². The first-order valence-electron chi connectivity index (χ1n) is 12.0. The molecule has 1 aromatic heterocycles. The number of Topliss-reactive ketones (excluding diaryl/α,β-unsaturated/α-hetero) is 1. The van der Waals surface area contributed by atoms with Gasteiger partial charge in [0.25, 0.3) is 0 Å². The van der Waals surface area contributed by atoms with Crippen LogP contribution >= 0.6 is 0 Å². The van der Waals surface area contributed by atoms with Gasteiger partial charge in [-0.2, -0.15) is 0 Å². The minimum Gasteiger partial charge on any atom is -0.300 e. The third-order valence-electron chi connectivity index (χ3n) is 8.07. The third kappa shape index (κ3) is 4.42. The maximum atomic E-state index is 12.2. The van der Waals surface area contributed by atoms with E-state index in [9.17, 15) is 4.79 Å². The van der Waals surface area contributed by atoms with Gasteiger partial charge in [-0.15, -0.1) is 0 Å². The average Bonchev–Trinajstić information content (AvgIpc) is 2.72. The van der Waals surface area contributed by atoms with Crippen LogP contribution in [0.4, 0.5) is 0 Å². The van der Waals surface area contributed by atoms with Crippen LogP contribution in [0.25, 0.3) is 0 Å². The van der Waals surface area contributed by atoms with Gasteiger partial charge in [-0.3, -0.25) is 4.79 Å². The highest BCUT2D eigenvalue weighted by molar-refractivity contribution is 5.83. The molecule has 0 bridgehead atoms. The molecular weight excluding hydrogens is 358 g/mol. The third-order valence-corrected chi connectivity index (χ3v) is 8.07. The van der Waals surface area contributed by atoms with Gasteiger partial charge in [-0.25, -0.2) is 9.97 Å². The number of hydrogen-bond donors (Lipinski definition) is 0. The second kappa shape index (κ2) is 8.45. The molecule has 0 N–H and O–H groups in total. The molecule has 29 heavy (non-hydrogen) atoms. The van der Waals surface area contributed by atoms with Crippen molar-refractivity contribution in [3.63, 3.8) is 0 Å². The number of ketones is 1. The van der Waals surface area contributed by atoms with Crippen LogP contribution in [0.15, 0.2) is 12.4 Å². The van der Waals surface area contributed by atoms with Crippen LogP contribution in [-0.4, -0.2) is 39.8 Å². The van der Waals surface area contributed by atoms with Crippen LogP contribution in [0.1, 0.15) is 102 Å². The van der Waals surface area contributed by atoms with Gasteiger partial charge >= 0.3 is 0 Å². The van der Waals surface area contributed by atoms with E-state index in [-0.39, 0.29) is 5.92 Å². The Kier molecular flexibility index (Phi) is 6.11. The number of aromatic nitrogens is 2. The molecule has 4 heteroatoms. The first kappa shape index (κ1) is 21.0. The molecule has 4 nitrogen and oxygen atoms in total. The zero-order valence-corrected chi connectivity index (χ0v) is 18.9. The molecule has 0 radical (unpaired) electrons. The standard InChI is InChI=1S/C25H39N3O/c1-17(2)23(29)20-13-25(14-20)9-5-22(6-10-25)28-11-7-19(8-12-28)21-15-26-24(18(3)4)27-16-21/h15-20,22H,5-14H2,1-4H3/t20-,22-,25?. The van der Waals surface area contributed by atoms with E-state index in [1.54, 1.807) is 0 Å². The number of rotatable bonds is 5. The Labute approximate surface area is 176 Å². The molecule has 2 heterocycles. The fraction of sp³-hybridized carbons (Fsp3) is 0.800. The lowest BCUT2D eigenvalue weighted by Gasteiger charge is -2.53. The molecule has 3 aliphatic rings. The Morgan fingerprint density at radius 3 is 2.10 bits per heavy atom. The van der Waals surface area contributed by atoms with Gasteiger partial charge in [-0.05, 0) is 81.4 Å². The molecule has 1 aromatic rings. The van der Waals surface area contributed by atoms with Crippen LogP contribution in [-0.2, 0) is 4.79 Å². The number of likely N-dealkylation sites (tertiary alicyclic amines) is 1. The molecule has 4 rings (SSSR count). The minimum absolute atomic E-state index is 0.210. The van der Waals surface area contributed by atoms with Gasteiger partial charge in [0.15, 0.2) is 0 Å². The van der Waals surface area contributed by atoms with Crippen molar-refractivity contribution in [2.45, 2.75) is 96.9 Å². The quantitative estimate of drug-likeness (QED) is 0.672. The highest BCUT2D eigenvalue weighted by atomic mass is 16.1. The summed E-state index contributed by atoms with van der Waals surface area (Å²) in [6, 6.07) is 0.765.